The molecule has 1 fully saturated rings. The van der Waals surface area contributed by atoms with Gasteiger partial charge in [0.25, 0.3) is 0 Å². The zero-order valence-corrected chi connectivity index (χ0v) is 9.82. The fourth-order valence-corrected chi connectivity index (χ4v) is 2.68. The van der Waals surface area contributed by atoms with Crippen LogP contribution in [0.4, 0.5) is 4.39 Å². The molecule has 1 aliphatic carbocycles. The highest BCUT2D eigenvalue weighted by Gasteiger charge is 2.43. The van der Waals surface area contributed by atoms with Crippen LogP contribution in [0.3, 0.4) is 0 Å². The summed E-state index contributed by atoms with van der Waals surface area (Å²) in [5, 5.41) is 28.0. The molecule has 0 amide bonds. The standard InChI is InChI=1S/C13H15FO4/c14-10-8(4-5-9(15)11(10)16)13(12(17)18)6-2-1-3-7-13/h4-5,15-16H,1-3,6-7H2,(H,17,18). The molecule has 18 heavy (non-hydrogen) atoms. The molecule has 3 N–H and O–H groups in total. The van der Waals surface area contributed by atoms with Crippen molar-refractivity contribution in [3.63, 3.8) is 0 Å². The van der Waals surface area contributed by atoms with Crippen LogP contribution in [0.15, 0.2) is 12.1 Å². The Labute approximate surface area is 104 Å². The number of aliphatic carboxylic acids is 1. The number of carboxylic acids is 1. The fraction of sp³-hybridized carbons (Fsp3) is 0.462. The van der Waals surface area contributed by atoms with E-state index in [0.717, 1.165) is 12.5 Å². The number of phenols is 2. The van der Waals surface area contributed by atoms with Crippen molar-refractivity contribution >= 4 is 5.97 Å². The lowest BCUT2D eigenvalue weighted by Gasteiger charge is -2.33. The molecule has 0 radical (unpaired) electrons. The summed E-state index contributed by atoms with van der Waals surface area (Å²) in [5.41, 5.74) is -1.32. The van der Waals surface area contributed by atoms with Gasteiger partial charge in [0.2, 0.25) is 0 Å². The number of hydrogen-bond acceptors (Lipinski definition) is 3. The second kappa shape index (κ2) is 4.48. The molecular weight excluding hydrogens is 239 g/mol. The van der Waals surface area contributed by atoms with Gasteiger partial charge in [-0.3, -0.25) is 4.79 Å². The van der Waals surface area contributed by atoms with Gasteiger partial charge in [-0.1, -0.05) is 25.3 Å². The number of aromatic hydroxyl groups is 2. The lowest BCUT2D eigenvalue weighted by molar-refractivity contribution is -0.145. The maximum Gasteiger partial charge on any atom is 0.314 e. The second-order valence-corrected chi connectivity index (χ2v) is 4.74. The molecule has 1 aliphatic rings. The Morgan fingerprint density at radius 1 is 1.17 bits per heavy atom. The van der Waals surface area contributed by atoms with Gasteiger partial charge in [-0.15, -0.1) is 0 Å². The molecule has 0 spiro atoms. The van der Waals surface area contributed by atoms with Gasteiger partial charge < -0.3 is 15.3 Å². The van der Waals surface area contributed by atoms with E-state index in [1.165, 1.54) is 6.07 Å². The number of carbonyl (C=O) groups is 1. The summed E-state index contributed by atoms with van der Waals surface area (Å²) in [4.78, 5) is 11.5. The molecule has 0 aromatic heterocycles. The van der Waals surface area contributed by atoms with E-state index >= 15 is 0 Å². The lowest BCUT2D eigenvalue weighted by atomic mass is 9.69. The molecule has 1 saturated carbocycles. The van der Waals surface area contributed by atoms with Crippen LogP contribution in [0.2, 0.25) is 0 Å². The third-order valence-electron chi connectivity index (χ3n) is 3.73. The summed E-state index contributed by atoms with van der Waals surface area (Å²) in [6.07, 6.45) is 3.06. The monoisotopic (exact) mass is 254 g/mol. The first-order valence-electron chi connectivity index (χ1n) is 5.93. The van der Waals surface area contributed by atoms with Crippen molar-refractivity contribution in [1.82, 2.24) is 0 Å². The molecule has 4 nitrogen and oxygen atoms in total. The predicted octanol–water partition coefficient (Wildman–Crippen LogP) is 2.52. The van der Waals surface area contributed by atoms with Gasteiger partial charge in [0.1, 0.15) is 0 Å². The van der Waals surface area contributed by atoms with Gasteiger partial charge >= 0.3 is 5.97 Å². The van der Waals surface area contributed by atoms with Gasteiger partial charge in [0.05, 0.1) is 5.41 Å². The summed E-state index contributed by atoms with van der Waals surface area (Å²) in [7, 11) is 0. The third kappa shape index (κ3) is 1.79. The van der Waals surface area contributed by atoms with Gasteiger partial charge in [-0.25, -0.2) is 4.39 Å². The van der Waals surface area contributed by atoms with Crippen molar-refractivity contribution in [1.29, 1.82) is 0 Å². The minimum atomic E-state index is -1.28. The van der Waals surface area contributed by atoms with Crippen LogP contribution in [0.5, 0.6) is 11.5 Å². The Morgan fingerprint density at radius 3 is 2.33 bits per heavy atom. The minimum Gasteiger partial charge on any atom is -0.504 e. The van der Waals surface area contributed by atoms with E-state index in [1.807, 2.05) is 0 Å². The first kappa shape index (κ1) is 12.7. The largest absolute Gasteiger partial charge is 0.504 e. The van der Waals surface area contributed by atoms with E-state index < -0.39 is 28.7 Å². The van der Waals surface area contributed by atoms with Crippen molar-refractivity contribution in [3.05, 3.63) is 23.5 Å². The van der Waals surface area contributed by atoms with Crippen LogP contribution in [-0.4, -0.2) is 21.3 Å². The Hall–Kier alpha value is -1.78. The van der Waals surface area contributed by atoms with Crippen molar-refractivity contribution < 1.29 is 24.5 Å². The second-order valence-electron chi connectivity index (χ2n) is 4.74. The molecular formula is C13H15FO4. The summed E-state index contributed by atoms with van der Waals surface area (Å²) < 4.78 is 14.0. The Morgan fingerprint density at radius 2 is 1.78 bits per heavy atom. The molecule has 0 heterocycles. The zero-order chi connectivity index (χ0) is 13.3. The number of benzene rings is 1. The number of halogens is 1. The molecule has 5 heteroatoms. The van der Waals surface area contributed by atoms with Gasteiger partial charge in [0.15, 0.2) is 17.3 Å². The maximum atomic E-state index is 14.0. The van der Waals surface area contributed by atoms with Crippen LogP contribution in [0.25, 0.3) is 0 Å². The molecule has 0 saturated heterocycles. The third-order valence-corrected chi connectivity index (χ3v) is 3.73. The van der Waals surface area contributed by atoms with E-state index in [2.05, 4.69) is 0 Å². The van der Waals surface area contributed by atoms with Crippen LogP contribution < -0.4 is 0 Å². The topological polar surface area (TPSA) is 77.8 Å². The molecule has 0 bridgehead atoms. The highest BCUT2D eigenvalue weighted by molar-refractivity contribution is 5.82. The molecule has 2 rings (SSSR count). The highest BCUT2D eigenvalue weighted by atomic mass is 19.1. The van der Waals surface area contributed by atoms with Gasteiger partial charge in [0, 0.05) is 5.56 Å². The van der Waals surface area contributed by atoms with E-state index in [0.29, 0.717) is 25.7 Å². The quantitative estimate of drug-likeness (QED) is 0.709. The van der Waals surface area contributed by atoms with Gasteiger partial charge in [-0.05, 0) is 18.9 Å². The van der Waals surface area contributed by atoms with Crippen molar-refractivity contribution in [2.45, 2.75) is 37.5 Å². The molecule has 0 aliphatic heterocycles. The average Bonchev–Trinajstić information content (AvgIpc) is 2.37. The molecule has 0 unspecified atom stereocenters. The first-order valence-corrected chi connectivity index (χ1v) is 5.93. The van der Waals surface area contributed by atoms with Gasteiger partial charge in [-0.2, -0.15) is 0 Å². The predicted molar refractivity (Wildman–Crippen MR) is 62.1 cm³/mol. The SMILES string of the molecule is O=C(O)C1(c2ccc(O)c(O)c2F)CCCCC1. The first-order chi connectivity index (χ1) is 8.49. The van der Waals surface area contributed by atoms with Crippen molar-refractivity contribution in [2.24, 2.45) is 0 Å². The highest BCUT2D eigenvalue weighted by Crippen LogP contribution is 2.44. The Kier molecular flexibility index (Phi) is 3.15. The van der Waals surface area contributed by atoms with Crippen LogP contribution in [-0.2, 0) is 10.2 Å². The summed E-state index contributed by atoms with van der Waals surface area (Å²) in [6, 6.07) is 2.39. The number of carboxylic acid groups (broad SMARTS) is 1. The van der Waals surface area contributed by atoms with Crippen LogP contribution in [0.1, 0.15) is 37.7 Å². The molecule has 98 valence electrons. The van der Waals surface area contributed by atoms with E-state index in [1.54, 1.807) is 0 Å². The molecule has 0 atom stereocenters. The van der Waals surface area contributed by atoms with Crippen molar-refractivity contribution in [2.75, 3.05) is 0 Å². The average molecular weight is 254 g/mol. The maximum absolute atomic E-state index is 14.0. The Bertz CT molecular complexity index is 478. The molecule has 1 aromatic rings. The van der Waals surface area contributed by atoms with Crippen LogP contribution in [0, 0.1) is 5.82 Å². The zero-order valence-electron chi connectivity index (χ0n) is 9.82. The minimum absolute atomic E-state index is 0.0370. The summed E-state index contributed by atoms with van der Waals surface area (Å²) >= 11 is 0. The number of rotatable bonds is 2. The van der Waals surface area contributed by atoms with Crippen LogP contribution >= 0.6 is 0 Å². The van der Waals surface area contributed by atoms with E-state index in [4.69, 9.17) is 0 Å². The summed E-state index contributed by atoms with van der Waals surface area (Å²) in [5.74, 6) is -3.56. The van der Waals surface area contributed by atoms with Crippen molar-refractivity contribution in [3.8, 4) is 11.5 Å². The van der Waals surface area contributed by atoms with E-state index in [-0.39, 0.29) is 5.56 Å². The smallest absolute Gasteiger partial charge is 0.314 e. The summed E-state index contributed by atoms with van der Waals surface area (Å²) in [6.45, 7) is 0. The Balaban J connectivity index is 2.56. The van der Waals surface area contributed by atoms with E-state index in [9.17, 15) is 24.5 Å². The number of phenolic OH excluding ortho intramolecular Hbond substituents is 2. The number of hydrogen-bond donors (Lipinski definition) is 3. The fourth-order valence-electron chi connectivity index (χ4n) is 2.68. The lowest BCUT2D eigenvalue weighted by Crippen LogP contribution is -2.38. The molecule has 1 aromatic carbocycles. The normalized spacial score (nSPS) is 18.5.